The Labute approximate surface area is 203 Å². The number of carboxylic acids is 1. The molecule has 0 aliphatic carbocycles. The van der Waals surface area contributed by atoms with E-state index < -0.39 is 5.97 Å². The molecular weight excluding hydrogens is 412 g/mol. The van der Waals surface area contributed by atoms with E-state index in [-0.39, 0.29) is 12.1 Å². The summed E-state index contributed by atoms with van der Waals surface area (Å²) >= 11 is 0. The molecule has 1 N–H and O–H groups in total. The van der Waals surface area contributed by atoms with E-state index in [1.165, 1.54) is 18.1 Å². The fourth-order valence-electron chi connectivity index (χ4n) is 2.01. The molecule has 4 heteroatoms. The van der Waals surface area contributed by atoms with Crippen LogP contribution in [0, 0.1) is 5.92 Å². The van der Waals surface area contributed by atoms with Crippen LogP contribution in [0.3, 0.4) is 0 Å². The van der Waals surface area contributed by atoms with Crippen LogP contribution in [0.15, 0.2) is 60.7 Å². The number of hydrogen-bond donors (Lipinski definition) is 1. The highest BCUT2D eigenvalue weighted by atomic mass is 16.5. The predicted octanol–water partition coefficient (Wildman–Crippen LogP) is 8.33. The van der Waals surface area contributed by atoms with Crippen LogP contribution in [0.2, 0.25) is 0 Å². The third-order valence-corrected chi connectivity index (χ3v) is 3.33. The third kappa shape index (κ3) is 34.2. The lowest BCUT2D eigenvalue weighted by atomic mass is 10.0. The summed E-state index contributed by atoms with van der Waals surface area (Å²) in [7, 11) is 0. The van der Waals surface area contributed by atoms with Gasteiger partial charge in [0, 0.05) is 13.8 Å². The van der Waals surface area contributed by atoms with Crippen LogP contribution in [-0.2, 0) is 14.3 Å². The molecule has 0 atom stereocenters. The maximum atomic E-state index is 10.0. The van der Waals surface area contributed by atoms with Crippen molar-refractivity contribution in [3.05, 3.63) is 71.8 Å². The molecule has 0 saturated heterocycles. The van der Waals surface area contributed by atoms with Gasteiger partial charge in [-0.1, -0.05) is 109 Å². The molecule has 0 aromatic heterocycles. The van der Waals surface area contributed by atoms with Crippen LogP contribution in [0.5, 0.6) is 0 Å². The zero-order chi connectivity index (χ0) is 26.4. The van der Waals surface area contributed by atoms with E-state index in [0.29, 0.717) is 11.8 Å². The molecule has 0 aliphatic rings. The third-order valence-electron chi connectivity index (χ3n) is 3.33. The van der Waals surface area contributed by atoms with Gasteiger partial charge >= 0.3 is 5.97 Å². The Bertz CT molecular complexity index is 640. The minimum absolute atomic E-state index is 0.0255. The van der Waals surface area contributed by atoms with E-state index >= 15 is 0 Å². The summed E-state index contributed by atoms with van der Waals surface area (Å²) in [4.78, 5) is 19.0. The van der Waals surface area contributed by atoms with Crippen molar-refractivity contribution in [1.82, 2.24) is 0 Å². The second kappa shape index (κ2) is 22.6. The Morgan fingerprint density at radius 2 is 0.879 bits per heavy atom. The van der Waals surface area contributed by atoms with Crippen molar-refractivity contribution in [2.24, 2.45) is 5.92 Å². The van der Waals surface area contributed by atoms with Crippen LogP contribution < -0.4 is 0 Å². The standard InChI is InChI=1S/2C9H12.C5H10O2.C4H10.C2H4O2/c2*1-8(2)9-6-4-3-5-7-9;1-4(2)7-5(3)6;1-4(2)3;1-2(3)4/h2*3-8H,1-2H3;4H,1-3H3;4H,1-3H3;1H3,(H,3,4). The quantitative estimate of drug-likeness (QED) is 0.468. The smallest absolute Gasteiger partial charge is 0.302 e. The van der Waals surface area contributed by atoms with Gasteiger partial charge in [0.05, 0.1) is 6.10 Å². The average molecular weight is 461 g/mol. The fourth-order valence-corrected chi connectivity index (χ4v) is 2.01. The first-order valence-corrected chi connectivity index (χ1v) is 11.7. The van der Waals surface area contributed by atoms with E-state index in [4.69, 9.17) is 9.90 Å². The fraction of sp³-hybridized carbons (Fsp3) is 0.517. The molecule has 0 bridgehead atoms. The minimum Gasteiger partial charge on any atom is -0.481 e. The molecule has 2 rings (SSSR count). The van der Waals surface area contributed by atoms with Gasteiger partial charge in [0.1, 0.15) is 0 Å². The molecule has 2 aromatic carbocycles. The van der Waals surface area contributed by atoms with Crippen molar-refractivity contribution < 1.29 is 19.4 Å². The van der Waals surface area contributed by atoms with Gasteiger partial charge in [-0.15, -0.1) is 0 Å². The number of carbonyl (C=O) groups is 2. The molecule has 4 nitrogen and oxygen atoms in total. The van der Waals surface area contributed by atoms with Crippen LogP contribution in [0.1, 0.15) is 99.1 Å². The largest absolute Gasteiger partial charge is 0.481 e. The Morgan fingerprint density at radius 3 is 0.970 bits per heavy atom. The number of rotatable bonds is 3. The monoisotopic (exact) mass is 460 g/mol. The maximum absolute atomic E-state index is 10.0. The van der Waals surface area contributed by atoms with E-state index in [1.807, 2.05) is 26.0 Å². The van der Waals surface area contributed by atoms with Gasteiger partial charge < -0.3 is 9.84 Å². The molecule has 33 heavy (non-hydrogen) atoms. The number of carbonyl (C=O) groups excluding carboxylic acids is 1. The molecule has 0 aliphatic heterocycles. The minimum atomic E-state index is -0.833. The highest BCUT2D eigenvalue weighted by Gasteiger charge is 1.94. The number of benzene rings is 2. The van der Waals surface area contributed by atoms with E-state index in [9.17, 15) is 4.79 Å². The summed E-state index contributed by atoms with van der Waals surface area (Å²) in [5.74, 6) is 1.10. The zero-order valence-corrected chi connectivity index (χ0v) is 22.8. The molecule has 0 amide bonds. The van der Waals surface area contributed by atoms with Crippen molar-refractivity contribution in [2.45, 2.75) is 94.1 Å². The number of carboxylic acid groups (broad SMARTS) is 1. The SMILES string of the molecule is CC(=O)O.CC(=O)OC(C)C.CC(C)C.CC(C)c1ccccc1.CC(C)c1ccccc1. The highest BCUT2D eigenvalue weighted by molar-refractivity contribution is 5.66. The molecule has 0 radical (unpaired) electrons. The van der Waals surface area contributed by atoms with Gasteiger partial charge in [0.2, 0.25) is 0 Å². The molecule has 0 saturated carbocycles. The van der Waals surface area contributed by atoms with Gasteiger partial charge in [-0.3, -0.25) is 9.59 Å². The molecule has 0 spiro atoms. The van der Waals surface area contributed by atoms with Gasteiger partial charge in [-0.2, -0.15) is 0 Å². The molecule has 0 unspecified atom stereocenters. The van der Waals surface area contributed by atoms with Crippen LogP contribution in [0.25, 0.3) is 0 Å². The molecule has 0 fully saturated rings. The van der Waals surface area contributed by atoms with E-state index in [2.05, 4.69) is 102 Å². The lowest BCUT2D eigenvalue weighted by Gasteiger charge is -2.01. The first kappa shape index (κ1) is 35.0. The topological polar surface area (TPSA) is 63.6 Å². The maximum Gasteiger partial charge on any atom is 0.302 e. The lowest BCUT2D eigenvalue weighted by Crippen LogP contribution is -2.06. The van der Waals surface area contributed by atoms with Gasteiger partial charge in [-0.25, -0.2) is 0 Å². The van der Waals surface area contributed by atoms with Gasteiger partial charge in [-0.05, 0) is 42.7 Å². The van der Waals surface area contributed by atoms with Crippen molar-refractivity contribution in [1.29, 1.82) is 0 Å². The van der Waals surface area contributed by atoms with Crippen molar-refractivity contribution in [3.63, 3.8) is 0 Å². The number of aliphatic carboxylic acids is 1. The second-order valence-electron chi connectivity index (χ2n) is 9.04. The molecule has 0 heterocycles. The lowest BCUT2D eigenvalue weighted by molar-refractivity contribution is -0.144. The Morgan fingerprint density at radius 1 is 0.636 bits per heavy atom. The van der Waals surface area contributed by atoms with Crippen LogP contribution in [0.4, 0.5) is 0 Å². The predicted molar refractivity (Wildman–Crippen MR) is 142 cm³/mol. The van der Waals surface area contributed by atoms with Crippen molar-refractivity contribution in [2.75, 3.05) is 0 Å². The van der Waals surface area contributed by atoms with Crippen LogP contribution in [-0.4, -0.2) is 23.1 Å². The van der Waals surface area contributed by atoms with Gasteiger partial charge in [0.25, 0.3) is 5.97 Å². The summed E-state index contributed by atoms with van der Waals surface area (Å²) in [6.45, 7) is 21.4. The molecule has 2 aromatic rings. The second-order valence-corrected chi connectivity index (χ2v) is 9.04. The van der Waals surface area contributed by atoms with Gasteiger partial charge in [0.15, 0.2) is 0 Å². The van der Waals surface area contributed by atoms with Crippen LogP contribution >= 0.6 is 0 Å². The Hall–Kier alpha value is -2.62. The Balaban J connectivity index is -0.000000356. The molecular formula is C29H48O4. The highest BCUT2D eigenvalue weighted by Crippen LogP contribution is 2.12. The summed E-state index contributed by atoms with van der Waals surface area (Å²) in [5, 5.41) is 7.42. The van der Waals surface area contributed by atoms with Crippen molar-refractivity contribution in [3.8, 4) is 0 Å². The summed E-state index contributed by atoms with van der Waals surface area (Å²) in [5.41, 5.74) is 2.83. The summed E-state index contributed by atoms with van der Waals surface area (Å²) in [6.07, 6.45) is 0.0255. The first-order valence-electron chi connectivity index (χ1n) is 11.7. The summed E-state index contributed by atoms with van der Waals surface area (Å²) in [6, 6.07) is 21.0. The number of hydrogen-bond acceptors (Lipinski definition) is 3. The number of esters is 1. The van der Waals surface area contributed by atoms with E-state index in [1.54, 1.807) is 0 Å². The molecule has 188 valence electrons. The van der Waals surface area contributed by atoms with Crippen molar-refractivity contribution >= 4 is 11.9 Å². The summed E-state index contributed by atoms with van der Waals surface area (Å²) < 4.78 is 4.61. The average Bonchev–Trinajstić information content (AvgIpc) is 2.68. The zero-order valence-electron chi connectivity index (χ0n) is 22.8. The normalized spacial score (nSPS) is 9.30. The first-order chi connectivity index (χ1) is 15.2. The number of ether oxygens (including phenoxy) is 1. The Kier molecular flexibility index (Phi) is 23.9. The van der Waals surface area contributed by atoms with E-state index in [0.717, 1.165) is 12.8 Å².